The van der Waals surface area contributed by atoms with E-state index in [1.807, 2.05) is 12.3 Å². The molecule has 0 spiro atoms. The number of nitrogen functional groups attached to an aromatic ring is 1. The average molecular weight is 164 g/mol. The Bertz CT molecular complexity index is 233. The number of hydrogen-bond acceptors (Lipinski definition) is 2. The van der Waals surface area contributed by atoms with Crippen LogP contribution in [0.25, 0.3) is 0 Å². The number of hydrogen-bond donors (Lipinski definition) is 1. The zero-order chi connectivity index (χ0) is 8.81. The fourth-order valence-electron chi connectivity index (χ4n) is 1.21. The molecule has 0 amide bonds. The topological polar surface area (TPSA) is 38.9 Å². The molecule has 0 atom stereocenters. The SMILES string of the molecule is CCCCCc1cnccc1N. The molecule has 0 aliphatic rings. The van der Waals surface area contributed by atoms with Crippen LogP contribution in [0.2, 0.25) is 0 Å². The van der Waals surface area contributed by atoms with Gasteiger partial charge in [0.05, 0.1) is 0 Å². The van der Waals surface area contributed by atoms with Crippen LogP contribution in [0, 0.1) is 0 Å². The summed E-state index contributed by atoms with van der Waals surface area (Å²) in [5, 5.41) is 0. The van der Waals surface area contributed by atoms with E-state index in [0.29, 0.717) is 0 Å². The van der Waals surface area contributed by atoms with Gasteiger partial charge < -0.3 is 5.73 Å². The summed E-state index contributed by atoms with van der Waals surface area (Å²) in [5.74, 6) is 0. The summed E-state index contributed by atoms with van der Waals surface area (Å²) < 4.78 is 0. The molecule has 1 aromatic heterocycles. The second kappa shape index (κ2) is 4.75. The maximum atomic E-state index is 5.76. The van der Waals surface area contributed by atoms with Crippen LogP contribution in [0.1, 0.15) is 31.7 Å². The Labute approximate surface area is 73.8 Å². The molecular weight excluding hydrogens is 148 g/mol. The summed E-state index contributed by atoms with van der Waals surface area (Å²) in [6.45, 7) is 2.20. The van der Waals surface area contributed by atoms with E-state index in [0.717, 1.165) is 12.1 Å². The van der Waals surface area contributed by atoms with Crippen molar-refractivity contribution in [1.82, 2.24) is 4.98 Å². The van der Waals surface area contributed by atoms with Gasteiger partial charge in [0, 0.05) is 18.1 Å². The molecular formula is C10H16N2. The maximum Gasteiger partial charge on any atom is 0.0377 e. The fraction of sp³-hybridized carbons (Fsp3) is 0.500. The normalized spacial score (nSPS) is 10.1. The quantitative estimate of drug-likeness (QED) is 0.694. The summed E-state index contributed by atoms with van der Waals surface area (Å²) in [7, 11) is 0. The van der Waals surface area contributed by atoms with Gasteiger partial charge in [-0.05, 0) is 24.5 Å². The summed E-state index contributed by atoms with van der Waals surface area (Å²) in [5.41, 5.74) is 7.82. The summed E-state index contributed by atoms with van der Waals surface area (Å²) >= 11 is 0. The van der Waals surface area contributed by atoms with E-state index < -0.39 is 0 Å². The third kappa shape index (κ3) is 2.53. The Balaban J connectivity index is 2.46. The van der Waals surface area contributed by atoms with Crippen LogP contribution in [-0.4, -0.2) is 4.98 Å². The fourth-order valence-corrected chi connectivity index (χ4v) is 1.21. The standard InChI is InChI=1S/C10H16N2/c1-2-3-4-5-9-8-12-7-6-10(9)11/h6-8H,2-5H2,1H3,(H2,11,12). The zero-order valence-electron chi connectivity index (χ0n) is 7.59. The van der Waals surface area contributed by atoms with E-state index in [4.69, 9.17) is 5.73 Å². The lowest BCUT2D eigenvalue weighted by Crippen LogP contribution is -1.94. The Morgan fingerprint density at radius 3 is 2.92 bits per heavy atom. The molecule has 2 nitrogen and oxygen atoms in total. The van der Waals surface area contributed by atoms with Gasteiger partial charge in [-0.3, -0.25) is 4.98 Å². The first-order chi connectivity index (χ1) is 5.84. The zero-order valence-corrected chi connectivity index (χ0v) is 7.59. The van der Waals surface area contributed by atoms with E-state index in [1.54, 1.807) is 6.20 Å². The van der Waals surface area contributed by atoms with Crippen LogP contribution in [-0.2, 0) is 6.42 Å². The lowest BCUT2D eigenvalue weighted by atomic mass is 10.1. The molecule has 2 heteroatoms. The number of anilines is 1. The lowest BCUT2D eigenvalue weighted by Gasteiger charge is -2.02. The minimum atomic E-state index is 0.876. The minimum Gasteiger partial charge on any atom is -0.398 e. The first-order valence-electron chi connectivity index (χ1n) is 4.53. The van der Waals surface area contributed by atoms with Gasteiger partial charge in [-0.2, -0.15) is 0 Å². The summed E-state index contributed by atoms with van der Waals surface area (Å²) in [4.78, 5) is 4.04. The Kier molecular flexibility index (Phi) is 3.58. The molecule has 0 aromatic carbocycles. The number of aromatic nitrogens is 1. The van der Waals surface area contributed by atoms with Crippen molar-refractivity contribution in [3.05, 3.63) is 24.0 Å². The van der Waals surface area contributed by atoms with Crippen molar-refractivity contribution in [2.45, 2.75) is 32.6 Å². The Morgan fingerprint density at radius 1 is 1.42 bits per heavy atom. The van der Waals surface area contributed by atoms with E-state index >= 15 is 0 Å². The lowest BCUT2D eigenvalue weighted by molar-refractivity contribution is 0.717. The Hall–Kier alpha value is -1.05. The third-order valence-corrected chi connectivity index (χ3v) is 1.99. The number of nitrogens with two attached hydrogens (primary N) is 1. The van der Waals surface area contributed by atoms with Crippen LogP contribution in [0.4, 0.5) is 5.69 Å². The number of unbranched alkanes of at least 4 members (excludes halogenated alkanes) is 2. The number of nitrogens with zero attached hydrogens (tertiary/aromatic N) is 1. The highest BCUT2D eigenvalue weighted by molar-refractivity contribution is 5.44. The number of aryl methyl sites for hydroxylation is 1. The van der Waals surface area contributed by atoms with Crippen molar-refractivity contribution < 1.29 is 0 Å². The van der Waals surface area contributed by atoms with Crippen molar-refractivity contribution in [3.63, 3.8) is 0 Å². The van der Waals surface area contributed by atoms with Crippen LogP contribution >= 0.6 is 0 Å². The van der Waals surface area contributed by atoms with Crippen molar-refractivity contribution in [2.75, 3.05) is 5.73 Å². The monoisotopic (exact) mass is 164 g/mol. The van der Waals surface area contributed by atoms with Crippen molar-refractivity contribution >= 4 is 5.69 Å². The van der Waals surface area contributed by atoms with Gasteiger partial charge in [-0.25, -0.2) is 0 Å². The molecule has 0 saturated carbocycles. The second-order valence-electron chi connectivity index (χ2n) is 3.03. The van der Waals surface area contributed by atoms with E-state index in [-0.39, 0.29) is 0 Å². The highest BCUT2D eigenvalue weighted by atomic mass is 14.7. The number of rotatable bonds is 4. The molecule has 2 N–H and O–H groups in total. The summed E-state index contributed by atoms with van der Waals surface area (Å²) in [6.07, 6.45) is 8.40. The molecule has 0 fully saturated rings. The van der Waals surface area contributed by atoms with Gasteiger partial charge in [0.15, 0.2) is 0 Å². The molecule has 0 bridgehead atoms. The molecule has 0 aliphatic carbocycles. The van der Waals surface area contributed by atoms with Crippen LogP contribution in [0.5, 0.6) is 0 Å². The minimum absolute atomic E-state index is 0.876. The van der Waals surface area contributed by atoms with Crippen LogP contribution in [0.3, 0.4) is 0 Å². The molecule has 66 valence electrons. The molecule has 12 heavy (non-hydrogen) atoms. The molecule has 0 saturated heterocycles. The highest BCUT2D eigenvalue weighted by Crippen LogP contribution is 2.12. The van der Waals surface area contributed by atoms with E-state index in [1.165, 1.54) is 24.8 Å². The second-order valence-corrected chi connectivity index (χ2v) is 3.03. The molecule has 0 unspecified atom stereocenters. The summed E-state index contributed by atoms with van der Waals surface area (Å²) in [6, 6.07) is 1.86. The predicted molar refractivity (Wildman–Crippen MR) is 51.9 cm³/mol. The molecule has 0 radical (unpaired) electrons. The third-order valence-electron chi connectivity index (χ3n) is 1.99. The van der Waals surface area contributed by atoms with Crippen LogP contribution in [0.15, 0.2) is 18.5 Å². The van der Waals surface area contributed by atoms with Crippen LogP contribution < -0.4 is 5.73 Å². The van der Waals surface area contributed by atoms with Gasteiger partial charge in [0.25, 0.3) is 0 Å². The van der Waals surface area contributed by atoms with Gasteiger partial charge in [0.2, 0.25) is 0 Å². The highest BCUT2D eigenvalue weighted by Gasteiger charge is 1.96. The van der Waals surface area contributed by atoms with Crippen molar-refractivity contribution in [1.29, 1.82) is 0 Å². The first kappa shape index (κ1) is 9.04. The number of pyridine rings is 1. The van der Waals surface area contributed by atoms with Crippen molar-refractivity contribution in [2.24, 2.45) is 0 Å². The van der Waals surface area contributed by atoms with Crippen molar-refractivity contribution in [3.8, 4) is 0 Å². The smallest absolute Gasteiger partial charge is 0.0377 e. The van der Waals surface area contributed by atoms with E-state index in [2.05, 4.69) is 11.9 Å². The molecule has 1 heterocycles. The first-order valence-corrected chi connectivity index (χ1v) is 4.53. The molecule has 1 aromatic rings. The molecule has 0 aliphatic heterocycles. The van der Waals surface area contributed by atoms with E-state index in [9.17, 15) is 0 Å². The van der Waals surface area contributed by atoms with Gasteiger partial charge >= 0.3 is 0 Å². The Morgan fingerprint density at radius 2 is 2.25 bits per heavy atom. The largest absolute Gasteiger partial charge is 0.398 e. The van der Waals surface area contributed by atoms with Gasteiger partial charge in [-0.15, -0.1) is 0 Å². The van der Waals surface area contributed by atoms with Gasteiger partial charge in [0.1, 0.15) is 0 Å². The molecule has 1 rings (SSSR count). The maximum absolute atomic E-state index is 5.76. The van der Waals surface area contributed by atoms with Gasteiger partial charge in [-0.1, -0.05) is 19.8 Å². The average Bonchev–Trinajstić information content (AvgIpc) is 2.09. The predicted octanol–water partition coefficient (Wildman–Crippen LogP) is 2.40.